The standard InChI is InChI=1S/C27H28N4/c28-24-15-7-9-20(17-24)18-26(23-14-8-16-25(29)19-23)30-31-27(21-10-3-1-4-11-21)22-12-5-2-6-13-22/h1-17,19,26-27,30-31H,18,28-29H2. The molecule has 0 aliphatic heterocycles. The van der Waals surface area contributed by atoms with Gasteiger partial charge >= 0.3 is 0 Å². The summed E-state index contributed by atoms with van der Waals surface area (Å²) in [4.78, 5) is 0. The van der Waals surface area contributed by atoms with Gasteiger partial charge in [-0.1, -0.05) is 84.9 Å². The first-order chi connectivity index (χ1) is 15.2. The summed E-state index contributed by atoms with van der Waals surface area (Å²) in [5, 5.41) is 0. The van der Waals surface area contributed by atoms with Crippen molar-refractivity contribution in [3.8, 4) is 0 Å². The smallest absolute Gasteiger partial charge is 0.0712 e. The van der Waals surface area contributed by atoms with Gasteiger partial charge in [-0.15, -0.1) is 0 Å². The van der Waals surface area contributed by atoms with Crippen molar-refractivity contribution in [2.45, 2.75) is 18.5 Å². The number of hydrazine groups is 1. The maximum atomic E-state index is 6.08. The molecule has 4 nitrogen and oxygen atoms in total. The van der Waals surface area contributed by atoms with Crippen molar-refractivity contribution in [1.82, 2.24) is 10.9 Å². The summed E-state index contributed by atoms with van der Waals surface area (Å²) < 4.78 is 0. The topological polar surface area (TPSA) is 76.1 Å². The molecule has 6 N–H and O–H groups in total. The van der Waals surface area contributed by atoms with Gasteiger partial charge in [0, 0.05) is 11.4 Å². The second-order valence-corrected chi connectivity index (χ2v) is 7.71. The maximum absolute atomic E-state index is 6.08. The number of rotatable bonds is 8. The molecule has 0 radical (unpaired) electrons. The van der Waals surface area contributed by atoms with Crippen LogP contribution in [0.4, 0.5) is 11.4 Å². The van der Waals surface area contributed by atoms with Gasteiger partial charge < -0.3 is 11.5 Å². The average molecular weight is 409 g/mol. The molecule has 0 fully saturated rings. The molecule has 4 aromatic carbocycles. The second kappa shape index (κ2) is 9.94. The zero-order chi connectivity index (χ0) is 21.5. The number of nitrogens with one attached hydrogen (secondary N) is 2. The van der Waals surface area contributed by atoms with E-state index in [0.29, 0.717) is 0 Å². The fourth-order valence-corrected chi connectivity index (χ4v) is 3.82. The molecule has 0 aliphatic carbocycles. The van der Waals surface area contributed by atoms with Gasteiger partial charge in [0.25, 0.3) is 0 Å². The Morgan fingerprint density at radius 1 is 0.548 bits per heavy atom. The minimum Gasteiger partial charge on any atom is -0.399 e. The first kappa shape index (κ1) is 20.7. The number of anilines is 2. The summed E-state index contributed by atoms with van der Waals surface area (Å²) in [7, 11) is 0. The number of nitrogen functional groups attached to an aromatic ring is 2. The highest BCUT2D eigenvalue weighted by atomic mass is 15.4. The molecule has 0 aliphatic rings. The summed E-state index contributed by atoms with van der Waals surface area (Å²) in [6.45, 7) is 0. The molecule has 1 unspecified atom stereocenters. The van der Waals surface area contributed by atoms with E-state index in [1.165, 1.54) is 11.1 Å². The molecule has 0 spiro atoms. The quantitative estimate of drug-likeness (QED) is 0.244. The van der Waals surface area contributed by atoms with Crippen molar-refractivity contribution < 1.29 is 0 Å². The summed E-state index contributed by atoms with van der Waals surface area (Å²) in [6.07, 6.45) is 0.776. The Balaban J connectivity index is 1.61. The highest BCUT2D eigenvalue weighted by Crippen LogP contribution is 2.24. The summed E-state index contributed by atoms with van der Waals surface area (Å²) >= 11 is 0. The van der Waals surface area contributed by atoms with E-state index in [-0.39, 0.29) is 12.1 Å². The van der Waals surface area contributed by atoms with Crippen LogP contribution in [0.3, 0.4) is 0 Å². The monoisotopic (exact) mass is 408 g/mol. The van der Waals surface area contributed by atoms with Crippen LogP contribution in [0, 0.1) is 0 Å². The fourth-order valence-electron chi connectivity index (χ4n) is 3.82. The van der Waals surface area contributed by atoms with Crippen molar-refractivity contribution in [2.75, 3.05) is 11.5 Å². The lowest BCUT2D eigenvalue weighted by atomic mass is 9.97. The predicted octanol–water partition coefficient (Wildman–Crippen LogP) is 5.02. The van der Waals surface area contributed by atoms with E-state index in [1.807, 2.05) is 48.5 Å². The van der Waals surface area contributed by atoms with E-state index in [2.05, 4.69) is 71.5 Å². The van der Waals surface area contributed by atoms with Crippen molar-refractivity contribution in [1.29, 1.82) is 0 Å². The lowest BCUT2D eigenvalue weighted by molar-refractivity contribution is 0.404. The zero-order valence-corrected chi connectivity index (χ0v) is 17.4. The minimum absolute atomic E-state index is 0.00630. The van der Waals surface area contributed by atoms with E-state index in [0.717, 1.165) is 28.9 Å². The third-order valence-electron chi connectivity index (χ3n) is 5.37. The van der Waals surface area contributed by atoms with Crippen LogP contribution in [0.1, 0.15) is 34.3 Å². The van der Waals surface area contributed by atoms with E-state index in [9.17, 15) is 0 Å². The molecule has 4 aromatic rings. The van der Waals surface area contributed by atoms with Crippen molar-refractivity contribution in [3.63, 3.8) is 0 Å². The van der Waals surface area contributed by atoms with Gasteiger partial charge in [0.2, 0.25) is 0 Å². The summed E-state index contributed by atoms with van der Waals surface area (Å²) in [5.74, 6) is 0. The Bertz CT molecular complexity index is 1060. The zero-order valence-electron chi connectivity index (χ0n) is 17.4. The van der Waals surface area contributed by atoms with Gasteiger partial charge in [-0.25, -0.2) is 10.9 Å². The first-order valence-corrected chi connectivity index (χ1v) is 10.5. The van der Waals surface area contributed by atoms with E-state index in [1.54, 1.807) is 0 Å². The van der Waals surface area contributed by atoms with Gasteiger partial charge in [-0.05, 0) is 52.9 Å². The van der Waals surface area contributed by atoms with Crippen LogP contribution < -0.4 is 22.3 Å². The fraction of sp³-hybridized carbons (Fsp3) is 0.111. The Morgan fingerprint density at radius 2 is 1.10 bits per heavy atom. The molecule has 0 heterocycles. The van der Waals surface area contributed by atoms with Crippen LogP contribution in [0.15, 0.2) is 109 Å². The minimum atomic E-state index is 0.00630. The first-order valence-electron chi connectivity index (χ1n) is 10.5. The molecular formula is C27H28N4. The molecule has 0 amide bonds. The van der Waals surface area contributed by atoms with Crippen molar-refractivity contribution in [2.24, 2.45) is 0 Å². The van der Waals surface area contributed by atoms with Crippen molar-refractivity contribution in [3.05, 3.63) is 131 Å². The molecule has 31 heavy (non-hydrogen) atoms. The molecule has 4 heteroatoms. The number of hydrogen-bond acceptors (Lipinski definition) is 4. The lowest BCUT2D eigenvalue weighted by Crippen LogP contribution is -2.39. The molecule has 0 saturated heterocycles. The van der Waals surface area contributed by atoms with Crippen LogP contribution in [0.5, 0.6) is 0 Å². The van der Waals surface area contributed by atoms with Crippen LogP contribution in [-0.2, 0) is 6.42 Å². The molecule has 0 aromatic heterocycles. The maximum Gasteiger partial charge on any atom is 0.0712 e. The normalized spacial score (nSPS) is 12.0. The molecule has 0 saturated carbocycles. The Kier molecular flexibility index (Phi) is 6.62. The van der Waals surface area contributed by atoms with Gasteiger partial charge in [0.15, 0.2) is 0 Å². The molecular weight excluding hydrogens is 380 g/mol. The molecule has 0 bridgehead atoms. The third kappa shape index (κ3) is 5.51. The average Bonchev–Trinajstić information content (AvgIpc) is 2.80. The van der Waals surface area contributed by atoms with Crippen molar-refractivity contribution >= 4 is 11.4 Å². The Hall–Kier alpha value is -3.60. The van der Waals surface area contributed by atoms with Gasteiger partial charge in [-0.2, -0.15) is 0 Å². The van der Waals surface area contributed by atoms with Crippen LogP contribution in [0.2, 0.25) is 0 Å². The van der Waals surface area contributed by atoms with E-state index in [4.69, 9.17) is 11.5 Å². The Morgan fingerprint density at radius 3 is 1.68 bits per heavy atom. The second-order valence-electron chi connectivity index (χ2n) is 7.71. The Labute approximate surface area is 183 Å². The number of hydrogen-bond donors (Lipinski definition) is 4. The molecule has 1 atom stereocenters. The predicted molar refractivity (Wildman–Crippen MR) is 129 cm³/mol. The lowest BCUT2D eigenvalue weighted by Gasteiger charge is -2.26. The SMILES string of the molecule is Nc1cccc(CC(NNC(c2ccccc2)c2ccccc2)c2cccc(N)c2)c1. The molecule has 4 rings (SSSR count). The molecule has 156 valence electrons. The highest BCUT2D eigenvalue weighted by Gasteiger charge is 2.18. The van der Waals surface area contributed by atoms with Gasteiger partial charge in [0.1, 0.15) is 0 Å². The summed E-state index contributed by atoms with van der Waals surface area (Å²) in [6, 6.07) is 36.9. The number of nitrogens with two attached hydrogens (primary N) is 2. The van der Waals surface area contributed by atoms with Gasteiger partial charge in [0.05, 0.1) is 12.1 Å². The van der Waals surface area contributed by atoms with Crippen LogP contribution >= 0.6 is 0 Å². The van der Waals surface area contributed by atoms with Crippen LogP contribution in [-0.4, -0.2) is 0 Å². The largest absolute Gasteiger partial charge is 0.399 e. The summed E-state index contributed by atoms with van der Waals surface area (Å²) in [5.41, 5.74) is 25.4. The van der Waals surface area contributed by atoms with E-state index < -0.39 is 0 Å². The van der Waals surface area contributed by atoms with Gasteiger partial charge in [-0.3, -0.25) is 0 Å². The third-order valence-corrected chi connectivity index (χ3v) is 5.37. The number of benzene rings is 4. The highest BCUT2D eigenvalue weighted by molar-refractivity contribution is 5.44. The van der Waals surface area contributed by atoms with E-state index >= 15 is 0 Å². The van der Waals surface area contributed by atoms with Crippen LogP contribution in [0.25, 0.3) is 0 Å².